The number of aliphatic hydroxyl groups is 1. The smallest absolute Gasteiger partial charge is 0.337 e. The van der Waals surface area contributed by atoms with E-state index in [-0.39, 0.29) is 6.54 Å². The molecule has 1 rings (SSSR count). The van der Waals surface area contributed by atoms with Crippen LogP contribution in [0.3, 0.4) is 0 Å². The Morgan fingerprint density at radius 3 is 2.47 bits per heavy atom. The zero-order valence-corrected chi connectivity index (χ0v) is 10.8. The number of amides is 1. The van der Waals surface area contributed by atoms with Crippen LogP contribution in [0, 0.1) is 0 Å². The lowest BCUT2D eigenvalue weighted by atomic mass is 10.1. The molecule has 0 aliphatic carbocycles. The number of para-hydroxylation sites is 1. The summed E-state index contributed by atoms with van der Waals surface area (Å²) in [5.74, 6) is -1.36. The first kappa shape index (κ1) is 15.0. The standard InChI is InChI=1S/C13H17NO5/c1-9(19-10-6-4-3-5-7-10)11(15)14-8-13(2,18)12(16)17/h3-7,9,18H,8H2,1-2H3,(H,14,15)(H,16,17). The predicted molar refractivity (Wildman–Crippen MR) is 67.8 cm³/mol. The van der Waals surface area contributed by atoms with E-state index in [0.29, 0.717) is 5.75 Å². The molecule has 104 valence electrons. The molecule has 0 heterocycles. The van der Waals surface area contributed by atoms with Crippen LogP contribution in [0.1, 0.15) is 13.8 Å². The zero-order chi connectivity index (χ0) is 14.5. The first-order chi connectivity index (χ1) is 8.83. The van der Waals surface area contributed by atoms with Gasteiger partial charge in [0, 0.05) is 0 Å². The molecule has 0 bridgehead atoms. The van der Waals surface area contributed by atoms with Gasteiger partial charge < -0.3 is 20.3 Å². The SMILES string of the molecule is CC(Oc1ccccc1)C(=O)NCC(C)(O)C(=O)O. The van der Waals surface area contributed by atoms with Crippen molar-refractivity contribution in [2.45, 2.75) is 25.6 Å². The molecule has 19 heavy (non-hydrogen) atoms. The average Bonchev–Trinajstić information content (AvgIpc) is 2.37. The molecule has 3 N–H and O–H groups in total. The minimum Gasteiger partial charge on any atom is -0.481 e. The second-order valence-corrected chi connectivity index (χ2v) is 4.37. The Kier molecular flexibility index (Phi) is 4.88. The second kappa shape index (κ2) is 6.19. The van der Waals surface area contributed by atoms with Crippen LogP contribution < -0.4 is 10.1 Å². The summed E-state index contributed by atoms with van der Waals surface area (Å²) in [5.41, 5.74) is -2.00. The van der Waals surface area contributed by atoms with Gasteiger partial charge in [-0.25, -0.2) is 4.79 Å². The van der Waals surface area contributed by atoms with Crippen LogP contribution in [0.4, 0.5) is 0 Å². The van der Waals surface area contributed by atoms with E-state index in [4.69, 9.17) is 9.84 Å². The monoisotopic (exact) mass is 267 g/mol. The molecule has 0 aliphatic rings. The molecule has 0 fully saturated rings. The quantitative estimate of drug-likeness (QED) is 0.693. The number of benzene rings is 1. The lowest BCUT2D eigenvalue weighted by Gasteiger charge is -2.20. The van der Waals surface area contributed by atoms with Gasteiger partial charge in [0.2, 0.25) is 0 Å². The number of aliphatic carboxylic acids is 1. The second-order valence-electron chi connectivity index (χ2n) is 4.37. The maximum Gasteiger partial charge on any atom is 0.337 e. The third kappa shape index (κ3) is 4.59. The summed E-state index contributed by atoms with van der Waals surface area (Å²) in [6.07, 6.45) is -0.785. The van der Waals surface area contributed by atoms with Crippen LogP contribution in [-0.4, -0.2) is 40.3 Å². The van der Waals surface area contributed by atoms with Crippen LogP contribution in [0.5, 0.6) is 5.75 Å². The van der Waals surface area contributed by atoms with E-state index in [9.17, 15) is 14.7 Å². The number of carboxylic acid groups (broad SMARTS) is 1. The van der Waals surface area contributed by atoms with E-state index in [0.717, 1.165) is 6.92 Å². The molecule has 1 aromatic carbocycles. The van der Waals surface area contributed by atoms with Gasteiger partial charge >= 0.3 is 5.97 Å². The van der Waals surface area contributed by atoms with Crippen LogP contribution in [0.2, 0.25) is 0 Å². The zero-order valence-electron chi connectivity index (χ0n) is 10.8. The lowest BCUT2D eigenvalue weighted by Crippen LogP contribution is -2.49. The Hall–Kier alpha value is -2.08. The molecule has 0 spiro atoms. The molecular weight excluding hydrogens is 250 g/mol. The van der Waals surface area contributed by atoms with Crippen molar-refractivity contribution < 1.29 is 24.5 Å². The molecule has 2 atom stereocenters. The topological polar surface area (TPSA) is 95.9 Å². The third-order valence-electron chi connectivity index (χ3n) is 2.49. The van der Waals surface area contributed by atoms with Crippen LogP contribution in [0.15, 0.2) is 30.3 Å². The van der Waals surface area contributed by atoms with Gasteiger partial charge in [-0.2, -0.15) is 0 Å². The molecule has 0 saturated heterocycles. The molecule has 0 radical (unpaired) electrons. The molecule has 2 unspecified atom stereocenters. The lowest BCUT2D eigenvalue weighted by molar-refractivity contribution is -0.156. The summed E-state index contributed by atoms with van der Waals surface area (Å²) in [6.45, 7) is 2.26. The van der Waals surface area contributed by atoms with Crippen molar-refractivity contribution in [2.75, 3.05) is 6.54 Å². The Labute approximate surface area is 111 Å². The molecule has 1 amide bonds. The van der Waals surface area contributed by atoms with E-state index >= 15 is 0 Å². The minimum atomic E-state index is -2.00. The molecule has 6 heteroatoms. The maximum absolute atomic E-state index is 11.7. The summed E-state index contributed by atoms with van der Waals surface area (Å²) < 4.78 is 5.36. The number of hydrogen-bond acceptors (Lipinski definition) is 4. The van der Waals surface area contributed by atoms with Crippen LogP contribution in [0.25, 0.3) is 0 Å². The third-order valence-corrected chi connectivity index (χ3v) is 2.49. The first-order valence-corrected chi connectivity index (χ1v) is 5.78. The van der Waals surface area contributed by atoms with Gasteiger partial charge in [-0.15, -0.1) is 0 Å². The van der Waals surface area contributed by atoms with Gasteiger partial charge in [0.15, 0.2) is 11.7 Å². The summed E-state index contributed by atoms with van der Waals surface area (Å²) in [6, 6.07) is 8.78. The normalized spacial score (nSPS) is 15.1. The van der Waals surface area contributed by atoms with Crippen LogP contribution in [-0.2, 0) is 9.59 Å². The minimum absolute atomic E-state index is 0.385. The van der Waals surface area contributed by atoms with Crippen molar-refractivity contribution >= 4 is 11.9 Å². The van der Waals surface area contributed by atoms with Gasteiger partial charge in [0.05, 0.1) is 6.54 Å². The first-order valence-electron chi connectivity index (χ1n) is 5.78. The fourth-order valence-corrected chi connectivity index (χ4v) is 1.24. The van der Waals surface area contributed by atoms with E-state index in [1.54, 1.807) is 24.3 Å². The van der Waals surface area contributed by atoms with Crippen molar-refractivity contribution in [3.05, 3.63) is 30.3 Å². The molecule has 0 aromatic heterocycles. The highest BCUT2D eigenvalue weighted by molar-refractivity contribution is 5.82. The predicted octanol–water partition coefficient (Wildman–Crippen LogP) is 0.406. The Balaban J connectivity index is 2.48. The van der Waals surface area contributed by atoms with E-state index in [1.807, 2.05) is 6.07 Å². The van der Waals surface area contributed by atoms with Crippen molar-refractivity contribution in [1.29, 1.82) is 0 Å². The summed E-state index contributed by atoms with van der Waals surface area (Å²) in [5, 5.41) is 20.5. The summed E-state index contributed by atoms with van der Waals surface area (Å²) >= 11 is 0. The van der Waals surface area contributed by atoms with E-state index < -0.39 is 23.6 Å². The van der Waals surface area contributed by atoms with Gasteiger partial charge in [-0.3, -0.25) is 4.79 Å². The van der Waals surface area contributed by atoms with Crippen molar-refractivity contribution in [1.82, 2.24) is 5.32 Å². The number of hydrogen-bond donors (Lipinski definition) is 3. The Morgan fingerprint density at radius 1 is 1.37 bits per heavy atom. The molecule has 0 saturated carbocycles. The van der Waals surface area contributed by atoms with Crippen molar-refractivity contribution in [3.8, 4) is 5.75 Å². The van der Waals surface area contributed by atoms with Crippen molar-refractivity contribution in [3.63, 3.8) is 0 Å². The molecule has 1 aromatic rings. The molecule has 0 aliphatic heterocycles. The number of carbonyl (C=O) groups excluding carboxylic acids is 1. The molecular formula is C13H17NO5. The van der Waals surface area contributed by atoms with Crippen LogP contribution >= 0.6 is 0 Å². The number of carboxylic acids is 1. The number of rotatable bonds is 6. The van der Waals surface area contributed by atoms with Gasteiger partial charge in [-0.05, 0) is 26.0 Å². The fourth-order valence-electron chi connectivity index (χ4n) is 1.24. The van der Waals surface area contributed by atoms with Gasteiger partial charge in [0.1, 0.15) is 5.75 Å². The maximum atomic E-state index is 11.7. The highest BCUT2D eigenvalue weighted by Gasteiger charge is 2.31. The highest BCUT2D eigenvalue weighted by atomic mass is 16.5. The number of nitrogens with one attached hydrogen (secondary N) is 1. The highest BCUT2D eigenvalue weighted by Crippen LogP contribution is 2.11. The molecule has 6 nitrogen and oxygen atoms in total. The van der Waals surface area contributed by atoms with E-state index in [1.165, 1.54) is 6.92 Å². The van der Waals surface area contributed by atoms with E-state index in [2.05, 4.69) is 5.32 Å². The number of ether oxygens (including phenoxy) is 1. The average molecular weight is 267 g/mol. The Morgan fingerprint density at radius 2 is 1.95 bits per heavy atom. The summed E-state index contributed by atoms with van der Waals surface area (Å²) in [7, 11) is 0. The Bertz CT molecular complexity index is 444. The number of carbonyl (C=O) groups is 2. The summed E-state index contributed by atoms with van der Waals surface area (Å²) in [4.78, 5) is 22.3. The largest absolute Gasteiger partial charge is 0.481 e. The fraction of sp³-hybridized carbons (Fsp3) is 0.385. The van der Waals surface area contributed by atoms with Crippen molar-refractivity contribution in [2.24, 2.45) is 0 Å². The van der Waals surface area contributed by atoms with Gasteiger partial charge in [0.25, 0.3) is 5.91 Å². The van der Waals surface area contributed by atoms with Gasteiger partial charge in [-0.1, -0.05) is 18.2 Å².